The van der Waals surface area contributed by atoms with Crippen molar-refractivity contribution in [2.45, 2.75) is 0 Å². The SMILES string of the molecule is [Pt].[c-]1ccccc1.[c-]1ccccc1.[c-]1ccccc1.[c-]1ccccc1.[c-]1ccccc1.[c-]1ccccc1.[c-]1ccccc1.[c-]1ccccc1. The summed E-state index contributed by atoms with van der Waals surface area (Å²) in [5.74, 6) is 0. The largest absolute Gasteiger partial charge is 0.184 e. The maximum Gasteiger partial charge on any atom is 0 e. The molecule has 0 unspecified atom stereocenters. The molecular formula is C48H40Pt-8. The monoisotopic (exact) mass is 811 g/mol. The van der Waals surface area contributed by atoms with Crippen molar-refractivity contribution in [1.82, 2.24) is 0 Å². The minimum atomic E-state index is 0. The molecular weight excluding hydrogens is 772 g/mol. The fraction of sp³-hybridized carbons (Fsp3) is 0. The fourth-order valence-electron chi connectivity index (χ4n) is 2.74. The van der Waals surface area contributed by atoms with Crippen molar-refractivity contribution in [3.63, 3.8) is 0 Å². The van der Waals surface area contributed by atoms with Crippen LogP contribution in [0.2, 0.25) is 0 Å². The molecule has 0 atom stereocenters. The van der Waals surface area contributed by atoms with Crippen LogP contribution in [0.4, 0.5) is 0 Å². The number of benzene rings is 8. The number of hydrogen-bond donors (Lipinski definition) is 0. The van der Waals surface area contributed by atoms with Crippen LogP contribution in [-0.4, -0.2) is 0 Å². The van der Waals surface area contributed by atoms with Crippen molar-refractivity contribution in [1.29, 1.82) is 0 Å². The molecule has 0 spiro atoms. The Morgan fingerprint density at radius 1 is 0.122 bits per heavy atom. The average molecular weight is 812 g/mol. The van der Waals surface area contributed by atoms with Gasteiger partial charge in [-0.05, 0) is 0 Å². The Morgan fingerprint density at radius 2 is 0.204 bits per heavy atom. The van der Waals surface area contributed by atoms with Gasteiger partial charge in [0.2, 0.25) is 0 Å². The Morgan fingerprint density at radius 3 is 0.224 bits per heavy atom. The van der Waals surface area contributed by atoms with Crippen LogP contribution in [0.25, 0.3) is 0 Å². The van der Waals surface area contributed by atoms with Crippen molar-refractivity contribution >= 4 is 0 Å². The predicted octanol–water partition coefficient (Wildman–Crippen LogP) is 11.9. The molecule has 0 radical (unpaired) electrons. The smallest absolute Gasteiger partial charge is 0 e. The molecule has 0 fully saturated rings. The molecule has 0 aliphatic carbocycles. The summed E-state index contributed by atoms with van der Waals surface area (Å²) in [5.41, 5.74) is 0. The molecule has 49 heavy (non-hydrogen) atoms. The van der Waals surface area contributed by atoms with Crippen molar-refractivity contribution < 1.29 is 21.1 Å². The summed E-state index contributed by atoms with van der Waals surface area (Å²) in [4.78, 5) is 0. The minimum absolute atomic E-state index is 0. The summed E-state index contributed by atoms with van der Waals surface area (Å²) in [6.45, 7) is 0. The van der Waals surface area contributed by atoms with E-state index in [-0.39, 0.29) is 21.1 Å². The van der Waals surface area contributed by atoms with E-state index in [4.69, 9.17) is 0 Å². The summed E-state index contributed by atoms with van der Waals surface area (Å²) >= 11 is 0. The molecule has 0 saturated carbocycles. The van der Waals surface area contributed by atoms with Crippen LogP contribution in [0.15, 0.2) is 243 Å². The van der Waals surface area contributed by atoms with Gasteiger partial charge in [0.1, 0.15) is 0 Å². The standard InChI is InChI=1S/8C6H5.Pt/c8*1-2-4-6-5-3-1;/h8*1-5H;/q8*-1;. The van der Waals surface area contributed by atoms with E-state index in [9.17, 15) is 0 Å². The summed E-state index contributed by atoms with van der Waals surface area (Å²) in [6, 6.07) is 100. The maximum atomic E-state index is 2.89. The molecule has 0 N–H and O–H groups in total. The molecule has 8 aromatic rings. The van der Waals surface area contributed by atoms with Crippen molar-refractivity contribution in [2.75, 3.05) is 0 Å². The van der Waals surface area contributed by atoms with Crippen molar-refractivity contribution in [3.05, 3.63) is 291 Å². The first-order valence-electron chi connectivity index (χ1n) is 15.3. The van der Waals surface area contributed by atoms with Gasteiger partial charge in [-0.1, -0.05) is 0 Å². The average Bonchev–Trinajstić information content (AvgIpc) is 3.25. The Balaban J connectivity index is 0.000000536. The second kappa shape index (κ2) is 40.5. The van der Waals surface area contributed by atoms with Gasteiger partial charge in [0, 0.05) is 21.1 Å². The topological polar surface area (TPSA) is 0 Å². The Labute approximate surface area is 310 Å². The van der Waals surface area contributed by atoms with Crippen LogP contribution in [-0.2, 0) is 21.1 Å². The van der Waals surface area contributed by atoms with E-state index in [1.54, 1.807) is 0 Å². The first kappa shape index (κ1) is 43.4. The van der Waals surface area contributed by atoms with Crippen LogP contribution < -0.4 is 0 Å². The van der Waals surface area contributed by atoms with Crippen LogP contribution in [0, 0.1) is 48.5 Å². The molecule has 250 valence electrons. The van der Waals surface area contributed by atoms with E-state index >= 15 is 0 Å². The van der Waals surface area contributed by atoms with E-state index in [0.29, 0.717) is 0 Å². The number of hydrogen-bond acceptors (Lipinski definition) is 0. The van der Waals surface area contributed by atoms with Crippen LogP contribution in [0.1, 0.15) is 0 Å². The van der Waals surface area contributed by atoms with Crippen LogP contribution in [0.5, 0.6) is 0 Å². The summed E-state index contributed by atoms with van der Waals surface area (Å²) in [6.07, 6.45) is 0. The van der Waals surface area contributed by atoms with Gasteiger partial charge < -0.3 is 0 Å². The van der Waals surface area contributed by atoms with Gasteiger partial charge in [0.05, 0.1) is 0 Å². The van der Waals surface area contributed by atoms with Gasteiger partial charge >= 0.3 is 0 Å². The van der Waals surface area contributed by atoms with Crippen LogP contribution in [0.3, 0.4) is 0 Å². The molecule has 0 bridgehead atoms. The van der Waals surface area contributed by atoms with Gasteiger partial charge in [-0.25, -0.2) is 0 Å². The molecule has 0 amide bonds. The fourth-order valence-corrected chi connectivity index (χ4v) is 2.74. The number of rotatable bonds is 0. The zero-order chi connectivity index (χ0) is 33.9. The predicted molar refractivity (Wildman–Crippen MR) is 202 cm³/mol. The second-order valence-corrected chi connectivity index (χ2v) is 8.62. The molecule has 8 rings (SSSR count). The molecule has 0 aromatic heterocycles. The van der Waals surface area contributed by atoms with E-state index in [1.165, 1.54) is 0 Å². The third kappa shape index (κ3) is 38.5. The van der Waals surface area contributed by atoms with E-state index < -0.39 is 0 Å². The van der Waals surface area contributed by atoms with Crippen molar-refractivity contribution in [2.24, 2.45) is 0 Å². The molecule has 0 aliphatic heterocycles. The quantitative estimate of drug-likeness (QED) is 0.134. The van der Waals surface area contributed by atoms with Gasteiger partial charge in [0.15, 0.2) is 0 Å². The van der Waals surface area contributed by atoms with E-state index in [1.807, 2.05) is 243 Å². The first-order chi connectivity index (χ1) is 24.0. The van der Waals surface area contributed by atoms with E-state index in [2.05, 4.69) is 48.5 Å². The van der Waals surface area contributed by atoms with Gasteiger partial charge in [0.25, 0.3) is 0 Å². The van der Waals surface area contributed by atoms with Gasteiger partial charge in [-0.2, -0.15) is 291 Å². The Bertz CT molecular complexity index is 961. The third-order valence-electron chi connectivity index (χ3n) is 4.86. The zero-order valence-corrected chi connectivity index (χ0v) is 29.7. The maximum absolute atomic E-state index is 2.89. The molecule has 8 aromatic carbocycles. The Kier molecular flexibility index (Phi) is 35.9. The molecule has 1 heteroatoms. The Hall–Kier alpha value is -5.55. The molecule has 0 nitrogen and oxygen atoms in total. The summed E-state index contributed by atoms with van der Waals surface area (Å²) < 4.78 is 0. The van der Waals surface area contributed by atoms with Crippen LogP contribution >= 0.6 is 0 Å². The summed E-state index contributed by atoms with van der Waals surface area (Å²) in [5, 5.41) is 0. The van der Waals surface area contributed by atoms with E-state index in [0.717, 1.165) is 0 Å². The summed E-state index contributed by atoms with van der Waals surface area (Å²) in [7, 11) is 0. The second-order valence-electron chi connectivity index (χ2n) is 8.62. The molecule has 0 heterocycles. The van der Waals surface area contributed by atoms with Gasteiger partial charge in [-0.3, -0.25) is 0 Å². The molecule has 0 saturated heterocycles. The van der Waals surface area contributed by atoms with Gasteiger partial charge in [-0.15, -0.1) is 0 Å². The zero-order valence-electron chi connectivity index (χ0n) is 27.4. The third-order valence-corrected chi connectivity index (χ3v) is 4.86. The first-order valence-corrected chi connectivity index (χ1v) is 15.3. The van der Waals surface area contributed by atoms with Crippen molar-refractivity contribution in [3.8, 4) is 0 Å². The molecule has 0 aliphatic rings. The normalized spacial score (nSPS) is 7.84. The minimum Gasteiger partial charge on any atom is -0.184 e.